The number of carbonyl (C=O) groups is 3. The van der Waals surface area contributed by atoms with Gasteiger partial charge in [0.1, 0.15) is 6.04 Å². The van der Waals surface area contributed by atoms with E-state index in [-0.39, 0.29) is 48.3 Å². The lowest BCUT2D eigenvalue weighted by Gasteiger charge is -2.21. The Bertz CT molecular complexity index is 608. The number of nitrogens with two attached hydrogens (primary N) is 1. The molecule has 0 fully saturated rings. The molecular formula is C27H65N5O6. The van der Waals surface area contributed by atoms with Crippen LogP contribution in [0.2, 0.25) is 0 Å². The van der Waals surface area contributed by atoms with Crippen LogP contribution in [0.5, 0.6) is 0 Å². The lowest BCUT2D eigenvalue weighted by molar-refractivity contribution is -0.141. The van der Waals surface area contributed by atoms with Gasteiger partial charge in [-0.1, -0.05) is 61.3 Å². The van der Waals surface area contributed by atoms with Gasteiger partial charge in [-0.25, -0.2) is 0 Å². The molecular weight excluding hydrogens is 490 g/mol. The van der Waals surface area contributed by atoms with Crippen LogP contribution < -0.4 is 27.2 Å². The first-order chi connectivity index (χ1) is 17.5. The van der Waals surface area contributed by atoms with Crippen molar-refractivity contribution in [2.45, 2.75) is 113 Å². The number of unbranched alkanes of at least 4 members (excludes halogenated alkanes) is 3. The number of ether oxygens (including phenoxy) is 2. The maximum atomic E-state index is 12.0. The maximum Gasteiger partial charge on any atom is 0.289 e. The molecule has 2 unspecified atom stereocenters. The van der Waals surface area contributed by atoms with Crippen LogP contribution in [0.4, 0.5) is 0 Å². The second-order valence-electron chi connectivity index (χ2n) is 9.88. The average Bonchev–Trinajstić information content (AvgIpc) is 2.84. The second-order valence-corrected chi connectivity index (χ2v) is 9.88. The van der Waals surface area contributed by atoms with Gasteiger partial charge in [-0.3, -0.25) is 19.7 Å². The Kier molecular flexibility index (Phi) is 29.0. The minimum absolute atomic E-state index is 0. The summed E-state index contributed by atoms with van der Waals surface area (Å²) in [6.07, 6.45) is 5.91. The van der Waals surface area contributed by atoms with Crippen LogP contribution in [-0.2, 0) is 23.9 Å². The second kappa shape index (κ2) is 27.0. The normalized spacial score (nSPS) is 13.1. The average molecular weight is 556 g/mol. The van der Waals surface area contributed by atoms with Crippen LogP contribution in [0.1, 0.15) is 98.7 Å². The zero-order valence-electron chi connectivity index (χ0n) is 24.2. The van der Waals surface area contributed by atoms with Gasteiger partial charge in [0.15, 0.2) is 0 Å². The zero-order chi connectivity index (χ0) is 28.6. The van der Waals surface area contributed by atoms with Crippen LogP contribution in [0.25, 0.3) is 0 Å². The summed E-state index contributed by atoms with van der Waals surface area (Å²) in [5.74, 6) is -1.05. The third-order valence-electron chi connectivity index (χ3n) is 5.35. The van der Waals surface area contributed by atoms with Crippen LogP contribution in [-0.4, -0.2) is 74.2 Å². The molecule has 2 amide bonds. The molecule has 234 valence electrons. The van der Waals surface area contributed by atoms with Crippen molar-refractivity contribution in [1.82, 2.24) is 21.4 Å². The third-order valence-corrected chi connectivity index (χ3v) is 5.35. The van der Waals surface area contributed by atoms with Crippen molar-refractivity contribution in [3.8, 4) is 0 Å². The number of hydrogen-bond donors (Lipinski definition) is 6. The highest BCUT2D eigenvalue weighted by Crippen LogP contribution is 2.07. The third kappa shape index (κ3) is 22.4. The van der Waals surface area contributed by atoms with Crippen LogP contribution in [0.15, 0.2) is 0 Å². The fourth-order valence-electron chi connectivity index (χ4n) is 3.25. The summed E-state index contributed by atoms with van der Waals surface area (Å²) in [5.41, 5.74) is 7.05. The quantitative estimate of drug-likeness (QED) is 0.0538. The molecule has 0 aliphatic carbocycles. The number of carbonyl (C=O) groups excluding carboxylic acids is 3. The van der Waals surface area contributed by atoms with E-state index in [0.29, 0.717) is 19.8 Å². The topological polar surface area (TPSA) is 164 Å². The summed E-state index contributed by atoms with van der Waals surface area (Å²) in [5, 5.41) is 17.6. The van der Waals surface area contributed by atoms with Crippen molar-refractivity contribution in [2.75, 3.05) is 33.2 Å². The molecule has 0 saturated heterocycles. The standard InChI is InChI=1S/C15H32N2O2.C11H23N3O4.CH4.3H2/c1-5-7-9-11-19-12-17-14(13(3)4)15(18)16-10-8-6-2;1-7(2)13-11(16)10(15)9(14-17)4-8(3)5-18-6-12;;;;/h13-14,17H,5-12H2,1-4H3,(H,16,18);7-9,14,17H,4-6,12H2,1-3H3,(H,13,16);1H4;3*1H/t14-;;;;;/m0...../s1. The highest BCUT2D eigenvalue weighted by Gasteiger charge is 2.26. The van der Waals surface area contributed by atoms with E-state index < -0.39 is 17.7 Å². The van der Waals surface area contributed by atoms with Crippen molar-refractivity contribution in [1.29, 1.82) is 0 Å². The number of ketones is 1. The van der Waals surface area contributed by atoms with Gasteiger partial charge in [-0.15, -0.1) is 0 Å². The lowest BCUT2D eigenvalue weighted by atomic mass is 9.99. The van der Waals surface area contributed by atoms with E-state index in [1.807, 2.05) is 26.3 Å². The molecule has 0 rings (SSSR count). The summed E-state index contributed by atoms with van der Waals surface area (Å²) in [6.45, 7) is 16.2. The fourth-order valence-corrected chi connectivity index (χ4v) is 3.25. The van der Waals surface area contributed by atoms with Crippen molar-refractivity contribution < 1.29 is 33.3 Å². The molecule has 0 saturated carbocycles. The first kappa shape index (κ1) is 40.9. The van der Waals surface area contributed by atoms with Crippen LogP contribution >= 0.6 is 0 Å². The first-order valence-electron chi connectivity index (χ1n) is 13.7. The van der Waals surface area contributed by atoms with Gasteiger partial charge in [0.05, 0.1) is 26.1 Å². The SMILES string of the molecule is C.CC(COCN)CC(NO)C(=O)C(=O)NC(C)C.CCCCCOCN[C@H](C(=O)NCCCC)C(C)C.[HH].[HH].[HH]. The first-order valence-corrected chi connectivity index (χ1v) is 13.7. The molecule has 0 aromatic rings. The Morgan fingerprint density at radius 3 is 2.11 bits per heavy atom. The van der Waals surface area contributed by atoms with Gasteiger partial charge < -0.3 is 31.0 Å². The molecule has 0 aromatic heterocycles. The molecule has 0 bridgehead atoms. The van der Waals surface area contributed by atoms with E-state index in [1.165, 1.54) is 12.8 Å². The lowest BCUT2D eigenvalue weighted by Crippen LogP contribution is -2.48. The summed E-state index contributed by atoms with van der Waals surface area (Å²) in [4.78, 5) is 35.2. The van der Waals surface area contributed by atoms with Crippen molar-refractivity contribution in [3.05, 3.63) is 0 Å². The Balaban J connectivity index is -0.000000136. The van der Waals surface area contributed by atoms with Crippen LogP contribution in [0, 0.1) is 11.8 Å². The number of amides is 2. The van der Waals surface area contributed by atoms with Gasteiger partial charge in [0, 0.05) is 23.5 Å². The van der Waals surface area contributed by atoms with Gasteiger partial charge in [-0.2, -0.15) is 5.48 Å². The predicted molar refractivity (Wildman–Crippen MR) is 159 cm³/mol. The van der Waals surface area contributed by atoms with Crippen molar-refractivity contribution in [3.63, 3.8) is 0 Å². The molecule has 0 spiro atoms. The summed E-state index contributed by atoms with van der Waals surface area (Å²) in [7, 11) is 0. The molecule has 7 N–H and O–H groups in total. The Morgan fingerprint density at radius 1 is 0.974 bits per heavy atom. The van der Waals surface area contributed by atoms with Gasteiger partial charge >= 0.3 is 0 Å². The highest BCUT2D eigenvalue weighted by molar-refractivity contribution is 6.38. The van der Waals surface area contributed by atoms with E-state index in [2.05, 4.69) is 29.8 Å². The van der Waals surface area contributed by atoms with E-state index in [9.17, 15) is 14.4 Å². The largest absolute Gasteiger partial charge is 0.366 e. The molecule has 0 radical (unpaired) electrons. The number of Topliss-reactive ketones (excluding diaryl/α,β-unsaturated/α-hetero) is 1. The van der Waals surface area contributed by atoms with Gasteiger partial charge in [0.25, 0.3) is 5.91 Å². The predicted octanol–water partition coefficient (Wildman–Crippen LogP) is 3.44. The van der Waals surface area contributed by atoms with Crippen LogP contribution in [0.3, 0.4) is 0 Å². The van der Waals surface area contributed by atoms with Crippen molar-refractivity contribution >= 4 is 17.6 Å². The molecule has 3 atom stereocenters. The number of hydroxylamine groups is 1. The van der Waals surface area contributed by atoms with Gasteiger partial charge in [0.2, 0.25) is 11.7 Å². The molecule has 11 nitrogen and oxygen atoms in total. The smallest absolute Gasteiger partial charge is 0.289 e. The summed E-state index contributed by atoms with van der Waals surface area (Å²) >= 11 is 0. The van der Waals surface area contributed by atoms with E-state index >= 15 is 0 Å². The summed E-state index contributed by atoms with van der Waals surface area (Å²) < 4.78 is 10.5. The summed E-state index contributed by atoms with van der Waals surface area (Å²) in [6, 6.07) is -1.22. The molecule has 0 aromatic carbocycles. The Morgan fingerprint density at radius 2 is 1.61 bits per heavy atom. The van der Waals surface area contributed by atoms with E-state index in [1.54, 1.807) is 13.8 Å². The van der Waals surface area contributed by atoms with Gasteiger partial charge in [-0.05, 0) is 44.9 Å². The molecule has 0 aliphatic rings. The number of nitrogens with one attached hydrogen (secondary N) is 4. The molecule has 0 heterocycles. The number of hydrogen-bond acceptors (Lipinski definition) is 9. The molecule has 11 heteroatoms. The monoisotopic (exact) mass is 555 g/mol. The van der Waals surface area contributed by atoms with E-state index in [0.717, 1.165) is 32.4 Å². The highest BCUT2D eigenvalue weighted by atomic mass is 16.5. The van der Waals surface area contributed by atoms with Crippen molar-refractivity contribution in [2.24, 2.45) is 17.6 Å². The Hall–Kier alpha value is -1.63. The fraction of sp³-hybridized carbons (Fsp3) is 0.889. The minimum Gasteiger partial charge on any atom is -0.366 e. The minimum atomic E-state index is -0.930. The maximum absolute atomic E-state index is 12.0. The Labute approximate surface area is 236 Å². The molecule has 0 aliphatic heterocycles. The van der Waals surface area contributed by atoms with E-state index in [4.69, 9.17) is 20.4 Å². The zero-order valence-corrected chi connectivity index (χ0v) is 24.2. The number of rotatable bonds is 21. The molecule has 38 heavy (non-hydrogen) atoms.